The third kappa shape index (κ3) is 3.31. The van der Waals surface area contributed by atoms with Crippen molar-refractivity contribution < 1.29 is 14.6 Å². The number of carbonyl (C=O) groups excluding carboxylic acids is 1. The van der Waals surface area contributed by atoms with E-state index in [1.165, 1.54) is 5.56 Å². The van der Waals surface area contributed by atoms with E-state index in [0.717, 1.165) is 40.3 Å². The van der Waals surface area contributed by atoms with Crippen molar-refractivity contribution >= 4 is 16.7 Å². The van der Waals surface area contributed by atoms with Gasteiger partial charge in [-0.25, -0.2) is 4.79 Å². The van der Waals surface area contributed by atoms with E-state index in [-0.39, 0.29) is 17.5 Å². The third-order valence-corrected chi connectivity index (χ3v) is 5.84. The summed E-state index contributed by atoms with van der Waals surface area (Å²) < 4.78 is 12.6. The Labute approximate surface area is 167 Å². The highest BCUT2D eigenvalue weighted by Crippen LogP contribution is 2.43. The topological polar surface area (TPSA) is 46.5 Å². The number of aliphatic hydroxyl groups is 1. The molecule has 0 heterocycles. The number of carbonyl (C=O) groups is 1. The van der Waals surface area contributed by atoms with Gasteiger partial charge in [0.15, 0.2) is 0 Å². The SMILES string of the molecule is [3H]OC1CCC(C)(C)c2ccc(-c3ccc4cc(C(=O)OCC)ccc4c3)cc21. The van der Waals surface area contributed by atoms with Crippen LogP contribution in [0.5, 0.6) is 0 Å². The fourth-order valence-electron chi connectivity index (χ4n) is 4.17. The fourth-order valence-corrected chi connectivity index (χ4v) is 4.17. The Kier molecular flexibility index (Phi) is 4.40. The van der Waals surface area contributed by atoms with Gasteiger partial charge < -0.3 is 9.85 Å². The molecule has 0 saturated carbocycles. The van der Waals surface area contributed by atoms with Crippen LogP contribution < -0.4 is 0 Å². The molecule has 3 heteroatoms. The van der Waals surface area contributed by atoms with Crippen molar-refractivity contribution in [2.75, 3.05) is 6.61 Å². The van der Waals surface area contributed by atoms with Gasteiger partial charge in [-0.3, -0.25) is 0 Å². The Hall–Kier alpha value is -2.65. The molecule has 0 bridgehead atoms. The van der Waals surface area contributed by atoms with Gasteiger partial charge in [0.1, 0.15) is 0 Å². The highest BCUT2D eigenvalue weighted by Gasteiger charge is 2.31. The number of hydrogen-bond donors (Lipinski definition) is 1. The van der Waals surface area contributed by atoms with Crippen LogP contribution in [-0.4, -0.2) is 19.1 Å². The molecular weight excluding hydrogens is 348 g/mol. The molecule has 4 rings (SSSR count). The van der Waals surface area contributed by atoms with Crippen molar-refractivity contribution in [3.8, 4) is 11.1 Å². The molecule has 0 aliphatic heterocycles. The minimum atomic E-state index is -0.294. The molecule has 0 aromatic heterocycles. The molecule has 0 fully saturated rings. The zero-order valence-electron chi connectivity index (χ0n) is 17.6. The second-order valence-corrected chi connectivity index (χ2v) is 8.21. The van der Waals surface area contributed by atoms with E-state index < -0.39 is 0 Å². The highest BCUT2D eigenvalue weighted by atomic mass is 16.5. The summed E-state index contributed by atoms with van der Waals surface area (Å²) in [6.45, 7) is 6.68. The lowest BCUT2D eigenvalue weighted by Gasteiger charge is -2.35. The average molecular weight is 376 g/mol. The smallest absolute Gasteiger partial charge is 0.338 e. The van der Waals surface area contributed by atoms with E-state index in [1.807, 2.05) is 24.3 Å². The van der Waals surface area contributed by atoms with Crippen LogP contribution in [0, 0.1) is 0 Å². The van der Waals surface area contributed by atoms with Crippen LogP contribution in [0.2, 0.25) is 0 Å². The summed E-state index contributed by atoms with van der Waals surface area (Å²) in [6, 6.07) is 18.4. The Balaban J connectivity index is 1.73. The normalized spacial score (nSPS) is 18.4. The van der Waals surface area contributed by atoms with Crippen LogP contribution in [0.3, 0.4) is 0 Å². The van der Waals surface area contributed by atoms with Crippen LogP contribution in [0.4, 0.5) is 0 Å². The Morgan fingerprint density at radius 2 is 1.82 bits per heavy atom. The number of esters is 1. The summed E-state index contributed by atoms with van der Waals surface area (Å²) in [4.78, 5) is 12.0. The summed E-state index contributed by atoms with van der Waals surface area (Å²) in [5.41, 5.74) is 5.27. The first kappa shape index (κ1) is 17.4. The van der Waals surface area contributed by atoms with Gasteiger partial charge >= 0.3 is 5.97 Å². The molecule has 0 saturated heterocycles. The van der Waals surface area contributed by atoms with Crippen LogP contribution in [0.15, 0.2) is 54.6 Å². The number of aliphatic hydroxyl groups excluding tert-OH is 1. The van der Waals surface area contributed by atoms with E-state index in [2.05, 4.69) is 44.2 Å². The molecule has 1 aliphatic carbocycles. The van der Waals surface area contributed by atoms with Gasteiger partial charge in [0.05, 0.1) is 18.3 Å². The van der Waals surface area contributed by atoms with E-state index >= 15 is 0 Å². The summed E-state index contributed by atoms with van der Waals surface area (Å²) in [7, 11) is 0. The Bertz CT molecular complexity index is 1070. The van der Waals surface area contributed by atoms with Crippen molar-refractivity contribution in [3.63, 3.8) is 0 Å². The van der Waals surface area contributed by atoms with Gasteiger partial charge in [-0.1, -0.05) is 44.2 Å². The maximum absolute atomic E-state index is 12.0. The van der Waals surface area contributed by atoms with Gasteiger partial charge in [0, 0.05) is 0 Å². The van der Waals surface area contributed by atoms with Gasteiger partial charge in [0.2, 0.25) is 1.43 Å². The number of benzene rings is 3. The van der Waals surface area contributed by atoms with Gasteiger partial charge in [0.25, 0.3) is 0 Å². The molecule has 3 aromatic carbocycles. The van der Waals surface area contributed by atoms with E-state index in [0.29, 0.717) is 12.2 Å². The second kappa shape index (κ2) is 7.06. The first-order valence-corrected chi connectivity index (χ1v) is 9.90. The second-order valence-electron chi connectivity index (χ2n) is 8.21. The van der Waals surface area contributed by atoms with Crippen molar-refractivity contribution in [2.45, 2.75) is 45.1 Å². The maximum atomic E-state index is 12.0. The molecule has 144 valence electrons. The number of rotatable bonds is 4. The summed E-state index contributed by atoms with van der Waals surface area (Å²) in [5.74, 6) is -0.294. The minimum Gasteiger partial charge on any atom is -0.462 e. The van der Waals surface area contributed by atoms with Crippen molar-refractivity contribution in [3.05, 3.63) is 71.3 Å². The summed E-state index contributed by atoms with van der Waals surface area (Å²) in [5, 5.41) is 7.11. The van der Waals surface area contributed by atoms with Gasteiger partial charge in [-0.15, -0.1) is 0 Å². The highest BCUT2D eigenvalue weighted by molar-refractivity contribution is 5.96. The lowest BCUT2D eigenvalue weighted by atomic mass is 9.71. The number of fused-ring (bicyclic) bond motifs is 2. The van der Waals surface area contributed by atoms with Crippen LogP contribution in [0.25, 0.3) is 21.9 Å². The quantitative estimate of drug-likeness (QED) is 0.586. The molecule has 0 spiro atoms. The standard InChI is InChI=1S/C25H26O3/c1-4-28-24(27)20-8-7-16-13-17(5-6-18(16)14-20)19-9-10-22-21(15-19)23(26)11-12-25(22,2)3/h5-10,13-15,23,26H,4,11-12H2,1-3H3/i26T. The first-order valence-electron chi connectivity index (χ1n) is 10.3. The summed E-state index contributed by atoms with van der Waals surface area (Å²) >= 11 is 0. The molecule has 1 unspecified atom stereocenters. The fraction of sp³-hybridized carbons (Fsp3) is 0.320. The predicted octanol–water partition coefficient (Wildman–Crippen LogP) is 5.79. The van der Waals surface area contributed by atoms with Crippen LogP contribution in [-0.2, 0) is 10.2 Å². The molecule has 0 radical (unpaired) electrons. The predicted molar refractivity (Wildman–Crippen MR) is 113 cm³/mol. The van der Waals surface area contributed by atoms with Crippen LogP contribution in [0.1, 0.15) is 61.2 Å². The van der Waals surface area contributed by atoms with Gasteiger partial charge in [-0.05, 0) is 82.5 Å². The molecule has 3 nitrogen and oxygen atoms in total. The molecule has 0 amide bonds. The Morgan fingerprint density at radius 1 is 1.11 bits per heavy atom. The van der Waals surface area contributed by atoms with Crippen LogP contribution >= 0.6 is 0 Å². The zero-order valence-corrected chi connectivity index (χ0v) is 16.6. The molecular formula is C25H26O3. The number of ether oxygens (including phenoxy) is 1. The Morgan fingerprint density at radius 3 is 2.61 bits per heavy atom. The van der Waals surface area contributed by atoms with Gasteiger partial charge in [-0.2, -0.15) is 0 Å². The molecule has 1 atom stereocenters. The zero-order chi connectivity index (χ0) is 20.6. The minimum absolute atomic E-state index is 0.0930. The van der Waals surface area contributed by atoms with E-state index in [9.17, 15) is 4.79 Å². The molecule has 1 aliphatic rings. The van der Waals surface area contributed by atoms with E-state index in [1.54, 1.807) is 6.92 Å². The van der Waals surface area contributed by atoms with Crippen molar-refractivity contribution in [2.24, 2.45) is 0 Å². The summed E-state index contributed by atoms with van der Waals surface area (Å²) in [6.07, 6.45) is 1.70. The van der Waals surface area contributed by atoms with Crippen molar-refractivity contribution in [1.29, 1.82) is 1.43 Å². The monoisotopic (exact) mass is 376 g/mol. The third-order valence-electron chi connectivity index (χ3n) is 5.84. The van der Waals surface area contributed by atoms with E-state index in [4.69, 9.17) is 11.3 Å². The number of hydrogen-bond acceptors (Lipinski definition) is 3. The largest absolute Gasteiger partial charge is 0.462 e. The molecule has 28 heavy (non-hydrogen) atoms. The lowest BCUT2D eigenvalue weighted by molar-refractivity contribution is 0.0526. The average Bonchev–Trinajstić information content (AvgIpc) is 2.73. The maximum Gasteiger partial charge on any atom is 0.338 e. The van der Waals surface area contributed by atoms with Crippen molar-refractivity contribution in [1.82, 2.24) is 0 Å². The molecule has 3 aromatic rings. The lowest BCUT2D eigenvalue weighted by Crippen LogP contribution is -2.26. The first-order chi connectivity index (χ1) is 13.9. The molecule has 1 N–H and O–H groups in total.